The van der Waals surface area contributed by atoms with Crippen molar-refractivity contribution in [1.82, 2.24) is 4.98 Å². The molecule has 0 bridgehead atoms. The van der Waals surface area contributed by atoms with Crippen LogP contribution < -0.4 is 10.2 Å². The molecule has 26 heavy (non-hydrogen) atoms. The van der Waals surface area contributed by atoms with Crippen molar-refractivity contribution < 1.29 is 9.69 Å². The second-order valence-electron chi connectivity index (χ2n) is 7.22. The summed E-state index contributed by atoms with van der Waals surface area (Å²) in [5.74, 6) is 0.0815. The normalized spacial score (nSPS) is 19.8. The Morgan fingerprint density at radius 3 is 2.77 bits per heavy atom. The second-order valence-corrected chi connectivity index (χ2v) is 8.29. The van der Waals surface area contributed by atoms with Crippen molar-refractivity contribution in [2.45, 2.75) is 32.7 Å². The van der Waals surface area contributed by atoms with Gasteiger partial charge >= 0.3 is 0 Å². The van der Waals surface area contributed by atoms with Gasteiger partial charge in [-0.3, -0.25) is 4.79 Å². The Bertz CT molecular complexity index is 896. The fourth-order valence-electron chi connectivity index (χ4n) is 3.92. The summed E-state index contributed by atoms with van der Waals surface area (Å²) in [7, 11) is 0. The lowest BCUT2D eigenvalue weighted by atomic mass is 10.1. The quantitative estimate of drug-likeness (QED) is 0.744. The van der Waals surface area contributed by atoms with Crippen molar-refractivity contribution in [3.8, 4) is 0 Å². The van der Waals surface area contributed by atoms with E-state index in [1.54, 1.807) is 11.3 Å². The number of rotatable bonds is 4. The predicted molar refractivity (Wildman–Crippen MR) is 107 cm³/mol. The number of thiazole rings is 1. The van der Waals surface area contributed by atoms with Gasteiger partial charge in [-0.05, 0) is 49.2 Å². The molecule has 134 valence electrons. The molecule has 1 saturated heterocycles. The lowest BCUT2D eigenvalue weighted by Crippen LogP contribution is -3.11. The second kappa shape index (κ2) is 7.17. The molecule has 3 aromatic rings. The summed E-state index contributed by atoms with van der Waals surface area (Å²) in [6.07, 6.45) is 2.25. The van der Waals surface area contributed by atoms with Gasteiger partial charge in [0.25, 0.3) is 5.91 Å². The standard InChI is InChI=1S/C21H23N3OS/c1-14-10-15(2)12-16(11-14)22-20(25)13-24-9-5-7-18(24)21-23-17-6-3-4-8-19(17)26-21/h3-4,6,8,10-12,18H,5,7,9,13H2,1-2H3,(H,22,25)/p+1/t18-/m1/s1. The number of aryl methyl sites for hydroxylation is 2. The Balaban J connectivity index is 1.47. The lowest BCUT2D eigenvalue weighted by Gasteiger charge is -2.19. The zero-order valence-electron chi connectivity index (χ0n) is 15.2. The third-order valence-corrected chi connectivity index (χ3v) is 6.14. The van der Waals surface area contributed by atoms with E-state index in [1.807, 2.05) is 18.2 Å². The number of fused-ring (bicyclic) bond motifs is 1. The van der Waals surface area contributed by atoms with E-state index in [1.165, 1.54) is 20.7 Å². The molecular formula is C21H24N3OS+. The van der Waals surface area contributed by atoms with Gasteiger partial charge in [-0.25, -0.2) is 4.98 Å². The first kappa shape index (κ1) is 17.2. The van der Waals surface area contributed by atoms with Crippen LogP contribution in [0.25, 0.3) is 10.2 Å². The summed E-state index contributed by atoms with van der Waals surface area (Å²) in [6, 6.07) is 14.8. The number of benzene rings is 2. The minimum absolute atomic E-state index is 0.0815. The third-order valence-electron chi connectivity index (χ3n) is 4.99. The number of amides is 1. The van der Waals surface area contributed by atoms with E-state index in [0.717, 1.165) is 35.6 Å². The molecule has 4 nitrogen and oxygen atoms in total. The smallest absolute Gasteiger partial charge is 0.279 e. The van der Waals surface area contributed by atoms with Crippen LogP contribution in [0.5, 0.6) is 0 Å². The molecule has 0 radical (unpaired) electrons. The summed E-state index contributed by atoms with van der Waals surface area (Å²) >= 11 is 1.77. The molecule has 2 atom stereocenters. The van der Waals surface area contributed by atoms with Gasteiger partial charge in [-0.1, -0.05) is 18.2 Å². The number of hydrogen-bond acceptors (Lipinski definition) is 3. The van der Waals surface area contributed by atoms with Crippen LogP contribution in [0.3, 0.4) is 0 Å². The van der Waals surface area contributed by atoms with Crippen molar-refractivity contribution in [2.24, 2.45) is 0 Å². The van der Waals surface area contributed by atoms with Crippen LogP contribution in [-0.2, 0) is 4.79 Å². The number of anilines is 1. The molecule has 2 N–H and O–H groups in total. The fourth-order valence-corrected chi connectivity index (χ4v) is 5.08. The number of hydrogen-bond donors (Lipinski definition) is 2. The zero-order chi connectivity index (χ0) is 18.1. The molecule has 1 fully saturated rings. The molecular weight excluding hydrogens is 342 g/mol. The molecule has 2 aromatic carbocycles. The molecule has 2 heterocycles. The van der Waals surface area contributed by atoms with Gasteiger partial charge in [0.15, 0.2) is 11.6 Å². The van der Waals surface area contributed by atoms with Crippen LogP contribution in [0.1, 0.15) is 35.0 Å². The first-order chi connectivity index (χ1) is 12.6. The lowest BCUT2D eigenvalue weighted by molar-refractivity contribution is -0.910. The maximum Gasteiger partial charge on any atom is 0.279 e. The van der Waals surface area contributed by atoms with Gasteiger partial charge in [-0.2, -0.15) is 0 Å². The summed E-state index contributed by atoms with van der Waals surface area (Å²) in [6.45, 7) is 5.63. The van der Waals surface area contributed by atoms with Crippen molar-refractivity contribution in [2.75, 3.05) is 18.4 Å². The van der Waals surface area contributed by atoms with Gasteiger partial charge in [0.1, 0.15) is 6.04 Å². The van der Waals surface area contributed by atoms with Crippen molar-refractivity contribution in [1.29, 1.82) is 0 Å². The van der Waals surface area contributed by atoms with Crippen LogP contribution in [0.15, 0.2) is 42.5 Å². The third kappa shape index (κ3) is 3.64. The van der Waals surface area contributed by atoms with Crippen molar-refractivity contribution in [3.05, 3.63) is 58.6 Å². The fraction of sp³-hybridized carbons (Fsp3) is 0.333. The van der Waals surface area contributed by atoms with Gasteiger partial charge in [0.2, 0.25) is 0 Å². The van der Waals surface area contributed by atoms with Gasteiger partial charge in [0, 0.05) is 18.5 Å². The van der Waals surface area contributed by atoms with E-state index in [4.69, 9.17) is 4.98 Å². The topological polar surface area (TPSA) is 46.4 Å². The number of nitrogens with zero attached hydrogens (tertiary/aromatic N) is 1. The number of para-hydroxylation sites is 1. The SMILES string of the molecule is Cc1cc(C)cc(NC(=O)C[NH+]2CCC[C@@H]2c2nc3ccccc3s2)c1. The number of carbonyl (C=O) groups is 1. The Morgan fingerprint density at radius 1 is 1.23 bits per heavy atom. The Labute approximate surface area is 157 Å². The monoisotopic (exact) mass is 366 g/mol. The maximum atomic E-state index is 12.6. The first-order valence-electron chi connectivity index (χ1n) is 9.17. The summed E-state index contributed by atoms with van der Waals surface area (Å²) in [5.41, 5.74) is 4.29. The molecule has 4 rings (SSSR count). The molecule has 1 unspecified atom stereocenters. The van der Waals surface area contributed by atoms with Crippen LogP contribution in [0.2, 0.25) is 0 Å². The minimum atomic E-state index is 0.0815. The highest BCUT2D eigenvalue weighted by atomic mass is 32.1. The molecule has 1 aliphatic rings. The molecule has 1 aliphatic heterocycles. The molecule has 5 heteroatoms. The van der Waals surface area contributed by atoms with Crippen LogP contribution >= 0.6 is 11.3 Å². The summed E-state index contributed by atoms with van der Waals surface area (Å²) in [5, 5.41) is 4.24. The average Bonchev–Trinajstić information content (AvgIpc) is 3.19. The van der Waals surface area contributed by atoms with E-state index in [0.29, 0.717) is 12.6 Å². The predicted octanol–water partition coefficient (Wildman–Crippen LogP) is 3.27. The van der Waals surface area contributed by atoms with Crippen LogP contribution in [0, 0.1) is 13.8 Å². The summed E-state index contributed by atoms with van der Waals surface area (Å²) < 4.78 is 1.23. The van der Waals surface area contributed by atoms with E-state index in [9.17, 15) is 4.79 Å². The molecule has 1 amide bonds. The van der Waals surface area contributed by atoms with Crippen LogP contribution in [-0.4, -0.2) is 24.0 Å². The van der Waals surface area contributed by atoms with Gasteiger partial charge in [0.05, 0.1) is 16.8 Å². The maximum absolute atomic E-state index is 12.6. The van der Waals surface area contributed by atoms with Gasteiger partial charge in [-0.15, -0.1) is 11.3 Å². The number of nitrogens with one attached hydrogen (secondary N) is 2. The Kier molecular flexibility index (Phi) is 4.74. The number of quaternary nitrogens is 1. The highest BCUT2D eigenvalue weighted by Gasteiger charge is 2.34. The van der Waals surface area contributed by atoms with Crippen molar-refractivity contribution in [3.63, 3.8) is 0 Å². The largest absolute Gasteiger partial charge is 0.321 e. The Morgan fingerprint density at radius 2 is 2.00 bits per heavy atom. The molecule has 0 spiro atoms. The molecule has 1 aromatic heterocycles. The van der Waals surface area contributed by atoms with Crippen LogP contribution in [0.4, 0.5) is 5.69 Å². The van der Waals surface area contributed by atoms with Crippen molar-refractivity contribution >= 4 is 33.1 Å². The summed E-state index contributed by atoms with van der Waals surface area (Å²) in [4.78, 5) is 18.7. The zero-order valence-corrected chi connectivity index (χ0v) is 16.0. The molecule has 0 aliphatic carbocycles. The highest BCUT2D eigenvalue weighted by molar-refractivity contribution is 7.18. The number of aromatic nitrogens is 1. The Hall–Kier alpha value is -2.24. The van der Waals surface area contributed by atoms with Gasteiger partial charge < -0.3 is 10.2 Å². The first-order valence-corrected chi connectivity index (χ1v) is 9.98. The highest BCUT2D eigenvalue weighted by Crippen LogP contribution is 2.28. The van der Waals surface area contributed by atoms with E-state index in [-0.39, 0.29) is 5.91 Å². The molecule has 0 saturated carbocycles. The number of carbonyl (C=O) groups excluding carboxylic acids is 1. The van der Waals surface area contributed by atoms with E-state index < -0.39 is 0 Å². The van der Waals surface area contributed by atoms with E-state index >= 15 is 0 Å². The number of likely N-dealkylation sites (tertiary alicyclic amines) is 1. The average molecular weight is 367 g/mol. The van der Waals surface area contributed by atoms with E-state index in [2.05, 4.69) is 43.4 Å². The minimum Gasteiger partial charge on any atom is -0.321 e.